The molecule has 2 rings (SSSR count). The normalized spacial score (nSPS) is 8.83. The summed E-state index contributed by atoms with van der Waals surface area (Å²) in [5.41, 5.74) is 7.14. The molecule has 6 heteroatoms. The number of aromatic nitrogens is 2. The number of Topliss-reactive ketones (excluding diaryl/α,β-unsaturated/α-hetero) is 1. The van der Waals surface area contributed by atoms with Gasteiger partial charge in [-0.25, -0.2) is 4.98 Å². The maximum atomic E-state index is 11.1. The Labute approximate surface area is 112 Å². The monoisotopic (exact) mass is 269 g/mol. The summed E-state index contributed by atoms with van der Waals surface area (Å²) in [5.74, 6) is 0.539. The Morgan fingerprint density at radius 1 is 1.28 bits per heavy atom. The highest BCUT2D eigenvalue weighted by Gasteiger charge is 2.00. The number of aliphatic hydroxyl groups is 1. The number of hydrogen-bond donors (Lipinski definition) is 2. The minimum absolute atomic E-state index is 0. The van der Waals surface area contributed by atoms with E-state index in [1.165, 1.54) is 0 Å². The third-order valence-electron chi connectivity index (χ3n) is 2.17. The van der Waals surface area contributed by atoms with Crippen LogP contribution in [0, 0.1) is 0 Å². The molecule has 0 aliphatic heterocycles. The molecule has 0 fully saturated rings. The van der Waals surface area contributed by atoms with Gasteiger partial charge in [0.1, 0.15) is 12.1 Å². The Hall–Kier alpha value is -1.85. The molecular formula is C12H16ClN3O2. The molecular weight excluding hydrogens is 254 g/mol. The van der Waals surface area contributed by atoms with Gasteiger partial charge in [-0.3, -0.25) is 4.79 Å². The lowest BCUT2D eigenvalue weighted by Crippen LogP contribution is -1.94. The molecule has 1 aromatic heterocycles. The zero-order chi connectivity index (χ0) is 12.8. The first-order valence-electron chi connectivity index (χ1n) is 5.02. The fraction of sp³-hybridized carbons (Fsp3) is 0.167. The third-order valence-corrected chi connectivity index (χ3v) is 2.17. The van der Waals surface area contributed by atoms with E-state index in [0.29, 0.717) is 11.4 Å². The zero-order valence-corrected chi connectivity index (χ0v) is 11.0. The standard InChI is InChI=1S/C11H11N3O.CH4O.ClH/c1-8(15)9-2-4-10(5-3-9)14-6-11(12)13-7-14;1-2;/h2-7H,12H2,1H3;2H,1H3;1H. The maximum absolute atomic E-state index is 11.1. The Morgan fingerprint density at radius 2 is 1.83 bits per heavy atom. The summed E-state index contributed by atoms with van der Waals surface area (Å²) < 4.78 is 1.80. The number of nitrogen functional groups attached to an aromatic ring is 1. The van der Waals surface area contributed by atoms with E-state index in [4.69, 9.17) is 10.8 Å². The molecule has 3 N–H and O–H groups in total. The van der Waals surface area contributed by atoms with Gasteiger partial charge in [0.15, 0.2) is 5.78 Å². The molecule has 5 nitrogen and oxygen atoms in total. The molecule has 98 valence electrons. The minimum atomic E-state index is 0. The highest BCUT2D eigenvalue weighted by atomic mass is 35.5. The number of hydrogen-bond acceptors (Lipinski definition) is 4. The summed E-state index contributed by atoms with van der Waals surface area (Å²) in [6, 6.07) is 7.29. The van der Waals surface area contributed by atoms with E-state index in [9.17, 15) is 4.79 Å². The second kappa shape index (κ2) is 7.47. The minimum Gasteiger partial charge on any atom is -0.400 e. The molecule has 0 saturated carbocycles. The molecule has 0 amide bonds. The van der Waals surface area contributed by atoms with E-state index >= 15 is 0 Å². The Balaban J connectivity index is 0.000000917. The molecule has 2 aromatic rings. The number of nitrogens with zero attached hydrogens (tertiary/aromatic N) is 2. The van der Waals surface area contributed by atoms with Crippen molar-refractivity contribution in [1.82, 2.24) is 9.55 Å². The average Bonchev–Trinajstić information content (AvgIpc) is 2.79. The molecule has 0 saturated heterocycles. The van der Waals surface area contributed by atoms with Crippen LogP contribution in [0.2, 0.25) is 0 Å². The van der Waals surface area contributed by atoms with E-state index in [-0.39, 0.29) is 18.2 Å². The van der Waals surface area contributed by atoms with Gasteiger partial charge in [0.2, 0.25) is 0 Å². The molecule has 0 unspecified atom stereocenters. The van der Waals surface area contributed by atoms with Gasteiger partial charge in [0.05, 0.1) is 6.20 Å². The van der Waals surface area contributed by atoms with Crippen LogP contribution >= 0.6 is 12.4 Å². The van der Waals surface area contributed by atoms with Crippen LogP contribution in [0.3, 0.4) is 0 Å². The van der Waals surface area contributed by atoms with E-state index in [0.717, 1.165) is 12.8 Å². The van der Waals surface area contributed by atoms with Gasteiger partial charge in [0, 0.05) is 18.4 Å². The van der Waals surface area contributed by atoms with Crippen LogP contribution in [0.15, 0.2) is 36.8 Å². The summed E-state index contributed by atoms with van der Waals surface area (Å²) in [4.78, 5) is 15.0. The number of imidazole rings is 1. The smallest absolute Gasteiger partial charge is 0.159 e. The van der Waals surface area contributed by atoms with Crippen LogP contribution in [-0.4, -0.2) is 27.6 Å². The van der Waals surface area contributed by atoms with Gasteiger partial charge < -0.3 is 15.4 Å². The molecule has 1 aromatic carbocycles. The summed E-state index contributed by atoms with van der Waals surface area (Å²) in [6.07, 6.45) is 3.36. The van der Waals surface area contributed by atoms with Crippen molar-refractivity contribution in [2.75, 3.05) is 12.8 Å². The van der Waals surface area contributed by atoms with Gasteiger partial charge in [-0.1, -0.05) is 0 Å². The number of halogens is 1. The average molecular weight is 270 g/mol. The number of benzene rings is 1. The first kappa shape index (κ1) is 16.1. The lowest BCUT2D eigenvalue weighted by Gasteiger charge is -2.02. The summed E-state index contributed by atoms with van der Waals surface area (Å²) in [5, 5.41) is 7.00. The van der Waals surface area contributed by atoms with Crippen LogP contribution < -0.4 is 5.73 Å². The molecule has 0 atom stereocenters. The van der Waals surface area contributed by atoms with E-state index in [1.807, 2.05) is 12.1 Å². The Kier molecular flexibility index (Phi) is 6.70. The highest BCUT2D eigenvalue weighted by Crippen LogP contribution is 2.11. The number of ketones is 1. The van der Waals surface area contributed by atoms with Crippen LogP contribution in [0.4, 0.5) is 5.82 Å². The van der Waals surface area contributed by atoms with Crippen LogP contribution in [-0.2, 0) is 0 Å². The number of anilines is 1. The van der Waals surface area contributed by atoms with Gasteiger partial charge in [0.25, 0.3) is 0 Å². The topological polar surface area (TPSA) is 81.1 Å². The first-order valence-corrected chi connectivity index (χ1v) is 5.02. The van der Waals surface area contributed by atoms with Crippen molar-refractivity contribution in [2.45, 2.75) is 6.92 Å². The van der Waals surface area contributed by atoms with Crippen molar-refractivity contribution in [3.8, 4) is 5.69 Å². The number of aliphatic hydroxyl groups excluding tert-OH is 1. The van der Waals surface area contributed by atoms with Crippen LogP contribution in [0.5, 0.6) is 0 Å². The van der Waals surface area contributed by atoms with Gasteiger partial charge in [-0.15, -0.1) is 12.4 Å². The quantitative estimate of drug-likeness (QED) is 0.813. The lowest BCUT2D eigenvalue weighted by atomic mass is 10.1. The van der Waals surface area contributed by atoms with Crippen molar-refractivity contribution in [1.29, 1.82) is 0 Å². The fourth-order valence-corrected chi connectivity index (χ4v) is 1.35. The lowest BCUT2D eigenvalue weighted by molar-refractivity contribution is 0.101. The Morgan fingerprint density at radius 3 is 2.22 bits per heavy atom. The van der Waals surface area contributed by atoms with Crippen molar-refractivity contribution in [3.63, 3.8) is 0 Å². The maximum Gasteiger partial charge on any atom is 0.159 e. The summed E-state index contributed by atoms with van der Waals surface area (Å²) in [6.45, 7) is 1.55. The van der Waals surface area contributed by atoms with Gasteiger partial charge in [-0.2, -0.15) is 0 Å². The van der Waals surface area contributed by atoms with Crippen molar-refractivity contribution >= 4 is 24.0 Å². The van der Waals surface area contributed by atoms with Crippen LogP contribution in [0.1, 0.15) is 17.3 Å². The number of carbonyl (C=O) groups excluding carboxylic acids is 1. The van der Waals surface area contributed by atoms with Crippen LogP contribution in [0.25, 0.3) is 5.69 Å². The van der Waals surface area contributed by atoms with Gasteiger partial charge in [-0.05, 0) is 31.2 Å². The van der Waals surface area contributed by atoms with Gasteiger partial charge >= 0.3 is 0 Å². The number of rotatable bonds is 2. The molecule has 0 spiro atoms. The molecule has 18 heavy (non-hydrogen) atoms. The van der Waals surface area contributed by atoms with E-state index in [2.05, 4.69) is 4.98 Å². The van der Waals surface area contributed by atoms with E-state index in [1.54, 1.807) is 36.1 Å². The second-order valence-electron chi connectivity index (χ2n) is 3.31. The molecule has 0 bridgehead atoms. The summed E-state index contributed by atoms with van der Waals surface area (Å²) >= 11 is 0. The zero-order valence-electron chi connectivity index (χ0n) is 10.2. The highest BCUT2D eigenvalue weighted by molar-refractivity contribution is 5.94. The van der Waals surface area contributed by atoms with Crippen molar-refractivity contribution in [3.05, 3.63) is 42.4 Å². The Bertz CT molecular complexity index is 494. The predicted molar refractivity (Wildman–Crippen MR) is 73.4 cm³/mol. The summed E-state index contributed by atoms with van der Waals surface area (Å²) in [7, 11) is 1.00. The largest absolute Gasteiger partial charge is 0.400 e. The molecule has 0 aliphatic rings. The van der Waals surface area contributed by atoms with Crippen molar-refractivity contribution in [2.24, 2.45) is 0 Å². The third kappa shape index (κ3) is 3.87. The number of nitrogens with two attached hydrogens (primary N) is 1. The fourth-order valence-electron chi connectivity index (χ4n) is 1.35. The second-order valence-corrected chi connectivity index (χ2v) is 3.31. The van der Waals surface area contributed by atoms with Crippen molar-refractivity contribution < 1.29 is 9.90 Å². The number of carbonyl (C=O) groups is 1. The molecule has 0 radical (unpaired) electrons. The first-order chi connectivity index (χ1) is 8.16. The molecule has 1 heterocycles. The molecule has 0 aliphatic carbocycles. The SMILES string of the molecule is CC(=O)c1ccc(-n2cnc(N)c2)cc1.CO.Cl. The van der Waals surface area contributed by atoms with E-state index < -0.39 is 0 Å². The predicted octanol–water partition coefficient (Wildman–Crippen LogP) is 1.69.